The van der Waals surface area contributed by atoms with E-state index < -0.39 is 20.7 Å². The van der Waals surface area contributed by atoms with Gasteiger partial charge in [0.1, 0.15) is 12.4 Å². The van der Waals surface area contributed by atoms with Crippen molar-refractivity contribution in [1.29, 1.82) is 0 Å². The van der Waals surface area contributed by atoms with Crippen LogP contribution in [0.1, 0.15) is 35.9 Å². The van der Waals surface area contributed by atoms with Gasteiger partial charge in [0.15, 0.2) is 9.84 Å². The van der Waals surface area contributed by atoms with Gasteiger partial charge in [-0.1, -0.05) is 6.07 Å². The third-order valence-corrected chi connectivity index (χ3v) is 5.96. The van der Waals surface area contributed by atoms with E-state index in [1.54, 1.807) is 12.1 Å². The van der Waals surface area contributed by atoms with Crippen LogP contribution in [0.4, 0.5) is 0 Å². The van der Waals surface area contributed by atoms with E-state index in [0.29, 0.717) is 30.0 Å². The van der Waals surface area contributed by atoms with Crippen LogP contribution in [0, 0.1) is 0 Å². The second-order valence-corrected chi connectivity index (χ2v) is 8.23. The Morgan fingerprint density at radius 2 is 2.05 bits per heavy atom. The van der Waals surface area contributed by atoms with Crippen LogP contribution in [-0.4, -0.2) is 43.6 Å². The van der Waals surface area contributed by atoms with Crippen molar-refractivity contribution < 1.29 is 23.1 Å². The molecule has 0 aliphatic carbocycles. The van der Waals surface area contributed by atoms with Gasteiger partial charge in [-0.2, -0.15) is 0 Å². The van der Waals surface area contributed by atoms with Crippen LogP contribution in [0.15, 0.2) is 18.2 Å². The monoisotopic (exact) mass is 313 g/mol. The molecule has 7 heteroatoms. The number of carbonyl (C=O) groups is 1. The highest BCUT2D eigenvalue weighted by Crippen LogP contribution is 2.34. The Balaban J connectivity index is 2.45. The lowest BCUT2D eigenvalue weighted by Crippen LogP contribution is -2.38. The number of fused-ring (bicyclic) bond motifs is 1. The molecule has 0 spiro atoms. The molecule has 1 heterocycles. The first-order valence-corrected chi connectivity index (χ1v) is 8.46. The average Bonchev–Trinajstić information content (AvgIpc) is 2.58. The van der Waals surface area contributed by atoms with Crippen molar-refractivity contribution >= 4 is 15.7 Å². The first kappa shape index (κ1) is 15.8. The molecular weight excluding hydrogens is 294 g/mol. The third-order valence-electron chi connectivity index (χ3n) is 3.82. The summed E-state index contributed by atoms with van der Waals surface area (Å²) in [5.74, 6) is 0.131. The molecule has 0 fully saturated rings. The SMILES string of the molecule is CC(C)(C(O)c1ccc2c(c1)C(=O)NCCO2)S(C)(=O)=O. The summed E-state index contributed by atoms with van der Waals surface area (Å²) in [7, 11) is -3.47. The van der Waals surface area contributed by atoms with Gasteiger partial charge in [-0.3, -0.25) is 4.79 Å². The molecule has 0 radical (unpaired) electrons. The number of benzene rings is 1. The van der Waals surface area contributed by atoms with E-state index in [1.165, 1.54) is 19.9 Å². The highest BCUT2D eigenvalue weighted by molar-refractivity contribution is 7.92. The fourth-order valence-electron chi connectivity index (χ4n) is 2.05. The van der Waals surface area contributed by atoms with Gasteiger partial charge >= 0.3 is 0 Å². The van der Waals surface area contributed by atoms with Crippen LogP contribution in [0.5, 0.6) is 5.75 Å². The van der Waals surface area contributed by atoms with Crippen LogP contribution < -0.4 is 10.1 Å². The van der Waals surface area contributed by atoms with E-state index in [4.69, 9.17) is 4.74 Å². The predicted octanol–water partition coefficient (Wildman–Crippen LogP) is 0.665. The largest absolute Gasteiger partial charge is 0.491 e. The smallest absolute Gasteiger partial charge is 0.255 e. The number of aliphatic hydroxyl groups excluding tert-OH is 1. The number of hydrogen-bond acceptors (Lipinski definition) is 5. The summed E-state index contributed by atoms with van der Waals surface area (Å²) in [6, 6.07) is 4.64. The van der Waals surface area contributed by atoms with Gasteiger partial charge in [-0.15, -0.1) is 0 Å². The maximum absolute atomic E-state index is 11.9. The lowest BCUT2D eigenvalue weighted by Gasteiger charge is -2.29. The van der Waals surface area contributed by atoms with Crippen LogP contribution >= 0.6 is 0 Å². The van der Waals surface area contributed by atoms with Gasteiger partial charge in [0.25, 0.3) is 5.91 Å². The van der Waals surface area contributed by atoms with E-state index in [0.717, 1.165) is 6.26 Å². The zero-order chi connectivity index (χ0) is 15.8. The van der Waals surface area contributed by atoms with Crippen LogP contribution in [0.3, 0.4) is 0 Å². The van der Waals surface area contributed by atoms with Crippen molar-refractivity contribution in [3.8, 4) is 5.75 Å². The Morgan fingerprint density at radius 3 is 2.67 bits per heavy atom. The van der Waals surface area contributed by atoms with Crippen molar-refractivity contribution in [3.63, 3.8) is 0 Å². The molecular formula is C14H19NO5S. The molecule has 0 saturated heterocycles. The molecule has 1 aliphatic heterocycles. The predicted molar refractivity (Wildman–Crippen MR) is 78.2 cm³/mol. The number of sulfone groups is 1. The topological polar surface area (TPSA) is 92.7 Å². The Hall–Kier alpha value is -1.60. The van der Waals surface area contributed by atoms with Crippen molar-refractivity contribution in [1.82, 2.24) is 5.32 Å². The molecule has 1 aromatic carbocycles. The average molecular weight is 313 g/mol. The Morgan fingerprint density at radius 1 is 1.38 bits per heavy atom. The van der Waals surface area contributed by atoms with E-state index in [2.05, 4.69) is 5.32 Å². The summed E-state index contributed by atoms with van der Waals surface area (Å²) in [6.07, 6.45) is -0.163. The van der Waals surface area contributed by atoms with Gasteiger partial charge in [0.05, 0.1) is 23.0 Å². The normalized spacial score (nSPS) is 17.2. The summed E-state index contributed by atoms with van der Waals surface area (Å²) >= 11 is 0. The fourth-order valence-corrected chi connectivity index (χ4v) is 2.59. The van der Waals surface area contributed by atoms with Crippen LogP contribution in [0.25, 0.3) is 0 Å². The zero-order valence-electron chi connectivity index (χ0n) is 12.2. The van der Waals surface area contributed by atoms with Crippen molar-refractivity contribution in [2.45, 2.75) is 24.7 Å². The van der Waals surface area contributed by atoms with E-state index in [1.807, 2.05) is 0 Å². The minimum absolute atomic E-state index is 0.297. The molecule has 116 valence electrons. The number of amides is 1. The molecule has 1 aromatic rings. The molecule has 0 saturated carbocycles. The van der Waals surface area contributed by atoms with Crippen molar-refractivity contribution in [3.05, 3.63) is 29.3 Å². The van der Waals surface area contributed by atoms with Gasteiger partial charge in [-0.05, 0) is 31.5 Å². The van der Waals surface area contributed by atoms with E-state index in [-0.39, 0.29) is 5.91 Å². The van der Waals surface area contributed by atoms with Crippen LogP contribution in [0.2, 0.25) is 0 Å². The zero-order valence-corrected chi connectivity index (χ0v) is 13.0. The molecule has 1 amide bonds. The maximum Gasteiger partial charge on any atom is 0.255 e. The lowest BCUT2D eigenvalue weighted by atomic mass is 9.96. The number of rotatable bonds is 3. The fraction of sp³-hybridized carbons (Fsp3) is 0.500. The summed E-state index contributed by atoms with van der Waals surface area (Å²) < 4.78 is 27.7. The molecule has 1 aliphatic rings. The summed E-state index contributed by atoms with van der Waals surface area (Å²) in [4.78, 5) is 11.9. The minimum Gasteiger partial charge on any atom is -0.491 e. The number of aliphatic hydroxyl groups is 1. The second-order valence-electron chi connectivity index (χ2n) is 5.64. The molecule has 1 unspecified atom stereocenters. The van der Waals surface area contributed by atoms with Crippen molar-refractivity contribution in [2.24, 2.45) is 0 Å². The Labute approximate surface area is 124 Å². The Kier molecular flexibility index (Phi) is 3.99. The molecule has 1 atom stereocenters. The highest BCUT2D eigenvalue weighted by atomic mass is 32.2. The minimum atomic E-state index is -3.47. The highest BCUT2D eigenvalue weighted by Gasteiger charge is 2.39. The Bertz CT molecular complexity index is 666. The van der Waals surface area contributed by atoms with E-state index in [9.17, 15) is 18.3 Å². The molecule has 2 rings (SSSR count). The molecule has 21 heavy (non-hydrogen) atoms. The summed E-state index contributed by atoms with van der Waals surface area (Å²) in [6.45, 7) is 3.68. The van der Waals surface area contributed by atoms with Gasteiger partial charge < -0.3 is 15.2 Å². The quantitative estimate of drug-likeness (QED) is 0.855. The van der Waals surface area contributed by atoms with Gasteiger partial charge in [0.2, 0.25) is 0 Å². The number of ether oxygens (including phenoxy) is 1. The third kappa shape index (κ3) is 2.89. The first-order valence-electron chi connectivity index (χ1n) is 6.57. The first-order chi connectivity index (χ1) is 9.64. The van der Waals surface area contributed by atoms with Gasteiger partial charge in [0, 0.05) is 6.26 Å². The van der Waals surface area contributed by atoms with Gasteiger partial charge in [-0.25, -0.2) is 8.42 Å². The standard InChI is InChI=1S/C14H19NO5S/c1-14(2,21(3,18)19)12(16)9-4-5-11-10(8-9)13(17)15-6-7-20-11/h4-5,8,12,16H,6-7H2,1-3H3,(H,15,17). The molecule has 2 N–H and O–H groups in total. The van der Waals surface area contributed by atoms with Crippen LogP contribution in [-0.2, 0) is 9.84 Å². The summed E-state index contributed by atoms with van der Waals surface area (Å²) in [5, 5.41) is 13.1. The second kappa shape index (κ2) is 5.31. The maximum atomic E-state index is 11.9. The number of nitrogens with one attached hydrogen (secondary N) is 1. The summed E-state index contributed by atoms with van der Waals surface area (Å²) in [5.41, 5.74) is 0.665. The van der Waals surface area contributed by atoms with E-state index >= 15 is 0 Å². The molecule has 6 nitrogen and oxygen atoms in total. The lowest BCUT2D eigenvalue weighted by molar-refractivity contribution is 0.0956. The number of hydrogen-bond donors (Lipinski definition) is 2. The number of carbonyl (C=O) groups excluding carboxylic acids is 1. The van der Waals surface area contributed by atoms with Crippen molar-refractivity contribution in [2.75, 3.05) is 19.4 Å². The molecule has 0 bridgehead atoms. The molecule has 0 aromatic heterocycles.